The molecule has 0 amide bonds. The smallest absolute Gasteiger partial charge is 0.163 e. The minimum absolute atomic E-state index is 0.774. The lowest BCUT2D eigenvalue weighted by Gasteiger charge is -2.11. The molecule has 0 bridgehead atoms. The maximum Gasteiger partial charge on any atom is 0.163 e. The molecule has 3 rings (SSSR count). The van der Waals surface area contributed by atoms with Crippen LogP contribution in [0.5, 0.6) is 0 Å². The average molecular weight is 285 g/mol. The normalized spacial score (nSPS) is 14.6. The molecule has 0 aliphatic heterocycles. The average Bonchev–Trinajstić information content (AvgIpc) is 3.17. The van der Waals surface area contributed by atoms with Gasteiger partial charge in [-0.2, -0.15) is 0 Å². The molecule has 2 aromatic rings. The Hall–Kier alpha value is -1.68. The molecule has 4 nitrogen and oxygen atoms in total. The van der Waals surface area contributed by atoms with E-state index < -0.39 is 0 Å². The highest BCUT2D eigenvalue weighted by Gasteiger charge is 2.19. The van der Waals surface area contributed by atoms with Gasteiger partial charge in [0.05, 0.1) is 11.8 Å². The Morgan fingerprint density at radius 3 is 2.48 bits per heavy atom. The number of nitrogens with one attached hydrogen (secondary N) is 1. The number of hydrogen-bond donors (Lipinski definition) is 1. The Kier molecular flexibility index (Phi) is 4.06. The number of hydrogen-bond acceptors (Lipinski definition) is 4. The van der Waals surface area contributed by atoms with Crippen molar-refractivity contribution in [1.29, 1.82) is 0 Å². The predicted molar refractivity (Wildman–Crippen MR) is 83.3 cm³/mol. The Morgan fingerprint density at radius 1 is 1.19 bits per heavy atom. The SMILES string of the molecule is Cc1nc(-c2ccoc2C)nc(C)c1CCCNC1CC1. The van der Waals surface area contributed by atoms with Gasteiger partial charge >= 0.3 is 0 Å². The van der Waals surface area contributed by atoms with E-state index in [4.69, 9.17) is 4.42 Å². The topological polar surface area (TPSA) is 51.0 Å². The molecule has 0 atom stereocenters. The molecule has 1 saturated carbocycles. The Labute approximate surface area is 126 Å². The maximum absolute atomic E-state index is 5.35. The predicted octanol–water partition coefficient (Wildman–Crippen LogP) is 3.35. The first-order valence-electron chi connectivity index (χ1n) is 7.77. The highest BCUT2D eigenvalue weighted by molar-refractivity contribution is 5.57. The Balaban J connectivity index is 1.71. The van der Waals surface area contributed by atoms with E-state index >= 15 is 0 Å². The fourth-order valence-electron chi connectivity index (χ4n) is 2.70. The third-order valence-electron chi connectivity index (χ3n) is 4.13. The first-order chi connectivity index (χ1) is 10.1. The van der Waals surface area contributed by atoms with Crippen LogP contribution in [0, 0.1) is 20.8 Å². The minimum atomic E-state index is 0.774. The van der Waals surface area contributed by atoms with Crippen LogP contribution in [0.1, 0.15) is 42.0 Å². The summed E-state index contributed by atoms with van der Waals surface area (Å²) in [5.41, 5.74) is 4.45. The van der Waals surface area contributed by atoms with E-state index in [1.54, 1.807) is 6.26 Å². The zero-order valence-corrected chi connectivity index (χ0v) is 13.1. The molecular weight excluding hydrogens is 262 g/mol. The lowest BCUT2D eigenvalue weighted by molar-refractivity contribution is 0.535. The van der Waals surface area contributed by atoms with Gasteiger partial charge in [-0.1, -0.05) is 0 Å². The van der Waals surface area contributed by atoms with E-state index in [1.807, 2.05) is 13.0 Å². The van der Waals surface area contributed by atoms with Crippen LogP contribution < -0.4 is 5.32 Å². The van der Waals surface area contributed by atoms with Crippen molar-refractivity contribution in [3.8, 4) is 11.4 Å². The summed E-state index contributed by atoms with van der Waals surface area (Å²) in [5.74, 6) is 1.64. The second-order valence-electron chi connectivity index (χ2n) is 5.92. The molecule has 1 aliphatic rings. The molecule has 1 N–H and O–H groups in total. The highest BCUT2D eigenvalue weighted by Crippen LogP contribution is 2.23. The molecule has 2 heterocycles. The second-order valence-corrected chi connectivity index (χ2v) is 5.92. The van der Waals surface area contributed by atoms with Gasteiger partial charge in [0, 0.05) is 17.4 Å². The number of aromatic nitrogens is 2. The molecular formula is C17H23N3O. The van der Waals surface area contributed by atoms with Gasteiger partial charge in [-0.05, 0) is 64.6 Å². The van der Waals surface area contributed by atoms with Gasteiger partial charge in [-0.15, -0.1) is 0 Å². The van der Waals surface area contributed by atoms with Gasteiger partial charge in [-0.3, -0.25) is 0 Å². The van der Waals surface area contributed by atoms with Crippen LogP contribution in [-0.2, 0) is 6.42 Å². The summed E-state index contributed by atoms with van der Waals surface area (Å²) in [5, 5.41) is 3.55. The van der Waals surface area contributed by atoms with E-state index in [2.05, 4.69) is 29.1 Å². The second kappa shape index (κ2) is 5.98. The molecule has 1 aliphatic carbocycles. The summed E-state index contributed by atoms with van der Waals surface area (Å²) in [6, 6.07) is 2.72. The molecule has 4 heteroatoms. The zero-order chi connectivity index (χ0) is 14.8. The minimum Gasteiger partial charge on any atom is -0.469 e. The molecule has 0 saturated heterocycles. The fourth-order valence-corrected chi connectivity index (χ4v) is 2.70. The molecule has 0 unspecified atom stereocenters. The Morgan fingerprint density at radius 2 is 1.90 bits per heavy atom. The lowest BCUT2D eigenvalue weighted by atomic mass is 10.1. The summed E-state index contributed by atoms with van der Waals surface area (Å²) in [7, 11) is 0. The van der Waals surface area contributed by atoms with Gasteiger partial charge in [0.25, 0.3) is 0 Å². The van der Waals surface area contributed by atoms with Crippen molar-refractivity contribution < 1.29 is 4.42 Å². The molecule has 0 spiro atoms. The maximum atomic E-state index is 5.35. The van der Waals surface area contributed by atoms with Crippen molar-refractivity contribution in [3.05, 3.63) is 35.0 Å². The van der Waals surface area contributed by atoms with Crippen LogP contribution in [0.25, 0.3) is 11.4 Å². The quantitative estimate of drug-likeness (QED) is 0.827. The third-order valence-corrected chi connectivity index (χ3v) is 4.13. The molecule has 1 fully saturated rings. The van der Waals surface area contributed by atoms with Crippen LogP contribution in [0.4, 0.5) is 0 Å². The van der Waals surface area contributed by atoms with Gasteiger partial charge in [0.15, 0.2) is 5.82 Å². The van der Waals surface area contributed by atoms with E-state index in [0.717, 1.165) is 54.0 Å². The summed E-state index contributed by atoms with van der Waals surface area (Å²) >= 11 is 0. The number of nitrogens with zero attached hydrogens (tertiary/aromatic N) is 2. The van der Waals surface area contributed by atoms with Crippen LogP contribution in [0.15, 0.2) is 16.7 Å². The number of rotatable bonds is 6. The largest absolute Gasteiger partial charge is 0.469 e. The van der Waals surface area contributed by atoms with Crippen LogP contribution in [0.2, 0.25) is 0 Å². The summed E-state index contributed by atoms with van der Waals surface area (Å²) in [6.45, 7) is 7.20. The van der Waals surface area contributed by atoms with Crippen molar-refractivity contribution in [3.63, 3.8) is 0 Å². The molecule has 112 valence electrons. The molecule has 21 heavy (non-hydrogen) atoms. The lowest BCUT2D eigenvalue weighted by Crippen LogP contribution is -2.18. The molecule has 2 aromatic heterocycles. The van der Waals surface area contributed by atoms with Gasteiger partial charge in [0.2, 0.25) is 0 Å². The van der Waals surface area contributed by atoms with Crippen molar-refractivity contribution >= 4 is 0 Å². The first kappa shape index (κ1) is 14.3. The van der Waals surface area contributed by atoms with Crippen LogP contribution in [0.3, 0.4) is 0 Å². The van der Waals surface area contributed by atoms with Crippen molar-refractivity contribution in [1.82, 2.24) is 15.3 Å². The Bertz CT molecular complexity index is 606. The third kappa shape index (κ3) is 3.32. The van der Waals surface area contributed by atoms with E-state index in [0.29, 0.717) is 0 Å². The molecule has 0 radical (unpaired) electrons. The van der Waals surface area contributed by atoms with E-state index in [1.165, 1.54) is 18.4 Å². The van der Waals surface area contributed by atoms with Crippen LogP contribution >= 0.6 is 0 Å². The summed E-state index contributed by atoms with van der Waals surface area (Å²) in [4.78, 5) is 9.34. The zero-order valence-electron chi connectivity index (χ0n) is 13.1. The van der Waals surface area contributed by atoms with Gasteiger partial charge in [0.1, 0.15) is 5.76 Å². The monoisotopic (exact) mass is 285 g/mol. The van der Waals surface area contributed by atoms with E-state index in [-0.39, 0.29) is 0 Å². The summed E-state index contributed by atoms with van der Waals surface area (Å²) < 4.78 is 5.35. The van der Waals surface area contributed by atoms with Crippen LogP contribution in [-0.4, -0.2) is 22.6 Å². The van der Waals surface area contributed by atoms with Gasteiger partial charge in [-0.25, -0.2) is 9.97 Å². The number of furan rings is 1. The van der Waals surface area contributed by atoms with Crippen molar-refractivity contribution in [2.75, 3.05) is 6.54 Å². The first-order valence-corrected chi connectivity index (χ1v) is 7.77. The standard InChI is InChI=1S/C17H23N3O/c1-11-15(5-4-9-18-14-6-7-14)12(2)20-17(19-11)16-8-10-21-13(16)3/h8,10,14,18H,4-7,9H2,1-3H3. The van der Waals surface area contributed by atoms with Crippen molar-refractivity contribution in [2.45, 2.75) is 52.5 Å². The van der Waals surface area contributed by atoms with Gasteiger partial charge < -0.3 is 9.73 Å². The molecule has 0 aromatic carbocycles. The number of aryl methyl sites for hydroxylation is 3. The van der Waals surface area contributed by atoms with E-state index in [9.17, 15) is 0 Å². The summed E-state index contributed by atoms with van der Waals surface area (Å²) in [6.07, 6.45) is 6.57. The highest BCUT2D eigenvalue weighted by atomic mass is 16.3. The van der Waals surface area contributed by atoms with Crippen molar-refractivity contribution in [2.24, 2.45) is 0 Å². The fraction of sp³-hybridized carbons (Fsp3) is 0.529.